The zero-order valence-electron chi connectivity index (χ0n) is 9.09. The maximum Gasteiger partial charge on any atom is 0.274 e. The van der Waals surface area contributed by atoms with Gasteiger partial charge in [0.1, 0.15) is 5.69 Å². The topological polar surface area (TPSA) is 72.7 Å². The van der Waals surface area contributed by atoms with Crippen molar-refractivity contribution in [2.24, 2.45) is 0 Å². The van der Waals surface area contributed by atoms with Crippen LogP contribution < -0.4 is 5.32 Å². The van der Waals surface area contributed by atoms with Gasteiger partial charge in [-0.2, -0.15) is 5.10 Å². The number of rotatable bonds is 3. The van der Waals surface area contributed by atoms with Gasteiger partial charge in [0.15, 0.2) is 0 Å². The Morgan fingerprint density at radius 1 is 1.53 bits per heavy atom. The molecule has 0 saturated heterocycles. The van der Waals surface area contributed by atoms with Gasteiger partial charge in [0, 0.05) is 17.2 Å². The van der Waals surface area contributed by atoms with Gasteiger partial charge in [0.2, 0.25) is 5.95 Å². The summed E-state index contributed by atoms with van der Waals surface area (Å²) in [6, 6.07) is 1.75. The van der Waals surface area contributed by atoms with Gasteiger partial charge >= 0.3 is 0 Å². The molecule has 17 heavy (non-hydrogen) atoms. The number of nitrogens with one attached hydrogen (secondary N) is 1. The molecule has 2 aromatic heterocycles. The van der Waals surface area contributed by atoms with Crippen molar-refractivity contribution in [2.75, 3.05) is 5.32 Å². The number of amides is 1. The lowest BCUT2D eigenvalue weighted by Gasteiger charge is -2.05. The van der Waals surface area contributed by atoms with Crippen LogP contribution in [0, 0.1) is 0 Å². The summed E-state index contributed by atoms with van der Waals surface area (Å²) in [5.74, 6) is -0.0666. The van der Waals surface area contributed by atoms with E-state index in [-0.39, 0.29) is 11.9 Å². The molecule has 0 bridgehead atoms. The molecular weight excluding hydrogens is 286 g/mol. The van der Waals surface area contributed by atoms with Crippen molar-refractivity contribution in [3.05, 3.63) is 34.8 Å². The van der Waals surface area contributed by atoms with E-state index < -0.39 is 0 Å². The summed E-state index contributed by atoms with van der Waals surface area (Å²) in [6.07, 6.45) is 4.76. The van der Waals surface area contributed by atoms with E-state index >= 15 is 0 Å². The normalized spacial score (nSPS) is 10.2. The molecule has 0 unspecified atom stereocenters. The molecule has 0 saturated carbocycles. The summed E-state index contributed by atoms with van der Waals surface area (Å²) in [4.78, 5) is 15.8. The van der Waals surface area contributed by atoms with E-state index in [1.54, 1.807) is 6.07 Å². The summed E-state index contributed by atoms with van der Waals surface area (Å²) in [5, 5.41) is 9.91. The lowest BCUT2D eigenvalue weighted by Crippen LogP contribution is -2.18. The Morgan fingerprint density at radius 3 is 3.00 bits per heavy atom. The predicted octanol–water partition coefficient (Wildman–Crippen LogP) is 1.71. The summed E-state index contributed by atoms with van der Waals surface area (Å²) in [5.41, 5.74) is 0.548. The van der Waals surface area contributed by atoms with E-state index in [1.807, 2.05) is 17.7 Å². The average molecular weight is 296 g/mol. The van der Waals surface area contributed by atoms with Crippen LogP contribution in [-0.2, 0) is 6.54 Å². The Labute approximate surface area is 106 Å². The van der Waals surface area contributed by atoms with E-state index in [0.717, 1.165) is 4.47 Å². The second-order valence-corrected chi connectivity index (χ2v) is 4.17. The Balaban J connectivity index is 2.20. The second-order valence-electron chi connectivity index (χ2n) is 3.25. The van der Waals surface area contributed by atoms with Gasteiger partial charge in [-0.25, -0.2) is 4.98 Å². The number of hydrogen-bond acceptors (Lipinski definition) is 4. The van der Waals surface area contributed by atoms with Crippen LogP contribution in [-0.4, -0.2) is 25.7 Å². The lowest BCUT2D eigenvalue weighted by molar-refractivity contribution is 0.101. The summed E-state index contributed by atoms with van der Waals surface area (Å²) in [7, 11) is 0. The molecule has 7 heteroatoms. The molecule has 0 fully saturated rings. The number of carbonyl (C=O) groups is 1. The van der Waals surface area contributed by atoms with Crippen molar-refractivity contribution < 1.29 is 4.79 Å². The highest BCUT2D eigenvalue weighted by Crippen LogP contribution is 2.15. The van der Waals surface area contributed by atoms with Crippen molar-refractivity contribution in [3.8, 4) is 0 Å². The van der Waals surface area contributed by atoms with Gasteiger partial charge in [-0.15, -0.1) is 5.10 Å². The minimum atomic E-state index is -0.259. The van der Waals surface area contributed by atoms with Gasteiger partial charge in [-0.05, 0) is 28.9 Å². The van der Waals surface area contributed by atoms with Gasteiger partial charge in [-0.3, -0.25) is 10.1 Å². The van der Waals surface area contributed by atoms with E-state index in [1.165, 1.54) is 12.4 Å². The first-order valence-electron chi connectivity index (χ1n) is 5.01. The zero-order valence-corrected chi connectivity index (χ0v) is 10.7. The fourth-order valence-electron chi connectivity index (χ4n) is 1.40. The zero-order chi connectivity index (χ0) is 12.3. The Bertz CT molecular complexity index is 525. The average Bonchev–Trinajstić information content (AvgIpc) is 2.72. The second kappa shape index (κ2) is 5.05. The van der Waals surface area contributed by atoms with E-state index in [9.17, 15) is 4.79 Å². The Morgan fingerprint density at radius 2 is 2.35 bits per heavy atom. The van der Waals surface area contributed by atoms with Crippen molar-refractivity contribution >= 4 is 27.8 Å². The third-order valence-electron chi connectivity index (χ3n) is 2.14. The number of aromatic nitrogens is 4. The first kappa shape index (κ1) is 11.7. The van der Waals surface area contributed by atoms with Crippen LogP contribution in [0.5, 0.6) is 0 Å². The van der Waals surface area contributed by atoms with E-state index in [2.05, 4.69) is 36.4 Å². The SMILES string of the molecule is CCn1cc(Br)cc1C(=O)Nc1nccnn1. The molecule has 0 aliphatic heterocycles. The number of hydrogen-bond donors (Lipinski definition) is 1. The third-order valence-corrected chi connectivity index (χ3v) is 2.58. The van der Waals surface area contributed by atoms with Crippen molar-refractivity contribution in [1.29, 1.82) is 0 Å². The Kier molecular flexibility index (Phi) is 3.48. The number of carbonyl (C=O) groups excluding carboxylic acids is 1. The van der Waals surface area contributed by atoms with Crippen LogP contribution in [0.15, 0.2) is 29.1 Å². The fourth-order valence-corrected chi connectivity index (χ4v) is 1.86. The molecule has 0 radical (unpaired) electrons. The van der Waals surface area contributed by atoms with Gasteiger partial charge < -0.3 is 4.57 Å². The maximum absolute atomic E-state index is 11.9. The fraction of sp³-hybridized carbons (Fsp3) is 0.200. The summed E-state index contributed by atoms with van der Waals surface area (Å²) >= 11 is 3.33. The minimum Gasteiger partial charge on any atom is -0.343 e. The van der Waals surface area contributed by atoms with Gasteiger partial charge in [0.05, 0.1) is 12.4 Å². The van der Waals surface area contributed by atoms with E-state index in [0.29, 0.717) is 12.2 Å². The molecule has 1 N–H and O–H groups in total. The first-order valence-corrected chi connectivity index (χ1v) is 5.80. The van der Waals surface area contributed by atoms with E-state index in [4.69, 9.17) is 0 Å². The van der Waals surface area contributed by atoms with Crippen LogP contribution in [0.25, 0.3) is 0 Å². The molecule has 1 amide bonds. The van der Waals surface area contributed by atoms with Crippen molar-refractivity contribution in [1.82, 2.24) is 19.7 Å². The molecule has 0 atom stereocenters. The number of halogens is 1. The van der Waals surface area contributed by atoms with Crippen LogP contribution in [0.3, 0.4) is 0 Å². The summed E-state index contributed by atoms with van der Waals surface area (Å²) < 4.78 is 2.69. The summed E-state index contributed by atoms with van der Waals surface area (Å²) in [6.45, 7) is 2.67. The third kappa shape index (κ3) is 2.68. The molecule has 0 aliphatic rings. The lowest BCUT2D eigenvalue weighted by atomic mass is 10.4. The first-order chi connectivity index (χ1) is 8.20. The molecule has 2 heterocycles. The van der Waals surface area contributed by atoms with Crippen LogP contribution in [0.1, 0.15) is 17.4 Å². The quantitative estimate of drug-likeness (QED) is 0.935. The van der Waals surface area contributed by atoms with Gasteiger partial charge in [0.25, 0.3) is 5.91 Å². The molecule has 2 aromatic rings. The molecular formula is C10H10BrN5O. The van der Waals surface area contributed by atoms with Crippen LogP contribution in [0.2, 0.25) is 0 Å². The highest BCUT2D eigenvalue weighted by Gasteiger charge is 2.13. The monoisotopic (exact) mass is 295 g/mol. The minimum absolute atomic E-state index is 0.192. The molecule has 0 aliphatic carbocycles. The number of nitrogens with zero attached hydrogens (tertiary/aromatic N) is 4. The smallest absolute Gasteiger partial charge is 0.274 e. The largest absolute Gasteiger partial charge is 0.343 e. The maximum atomic E-state index is 11.9. The Hall–Kier alpha value is -1.76. The molecule has 0 spiro atoms. The number of aryl methyl sites for hydroxylation is 1. The predicted molar refractivity (Wildman–Crippen MR) is 65.6 cm³/mol. The van der Waals surface area contributed by atoms with Gasteiger partial charge in [-0.1, -0.05) is 0 Å². The highest BCUT2D eigenvalue weighted by atomic mass is 79.9. The molecule has 6 nitrogen and oxygen atoms in total. The molecule has 88 valence electrons. The molecule has 2 rings (SSSR count). The molecule has 0 aromatic carbocycles. The van der Waals surface area contributed by atoms with Crippen LogP contribution in [0.4, 0.5) is 5.95 Å². The van der Waals surface area contributed by atoms with Crippen molar-refractivity contribution in [3.63, 3.8) is 0 Å². The van der Waals surface area contributed by atoms with Crippen LogP contribution >= 0.6 is 15.9 Å². The highest BCUT2D eigenvalue weighted by molar-refractivity contribution is 9.10. The standard InChI is InChI=1S/C10H10BrN5O/c1-2-16-6-7(11)5-8(16)9(17)14-10-12-3-4-13-15-10/h3-6H,2H2,1H3,(H,12,14,15,17). The van der Waals surface area contributed by atoms with Crippen molar-refractivity contribution in [2.45, 2.75) is 13.5 Å². The number of anilines is 1.